The van der Waals surface area contributed by atoms with E-state index in [-0.39, 0.29) is 12.0 Å². The van der Waals surface area contributed by atoms with Crippen LogP contribution in [-0.4, -0.2) is 75.1 Å². The molecule has 10 heteroatoms. The van der Waals surface area contributed by atoms with E-state index in [0.717, 1.165) is 4.68 Å². The number of hydrogen-bond acceptors (Lipinski definition) is 7. The normalized spacial score (nSPS) is 34.0. The van der Waals surface area contributed by atoms with Gasteiger partial charge in [-0.25, -0.2) is 4.68 Å². The minimum absolute atomic E-state index is 0.00173. The molecule has 1 aliphatic rings. The van der Waals surface area contributed by atoms with E-state index in [1.54, 1.807) is 0 Å². The summed E-state index contributed by atoms with van der Waals surface area (Å²) in [5.74, 6) is -0.777. The second-order valence-corrected chi connectivity index (χ2v) is 4.55. The third-order valence-electron chi connectivity index (χ3n) is 3.29. The molecule has 2 unspecified atom stereocenters. The molecule has 2 radical (unpaired) electrons. The summed E-state index contributed by atoms with van der Waals surface area (Å²) in [6, 6.07) is -0.949. The molecular formula is C10H15BN4O5. The summed E-state index contributed by atoms with van der Waals surface area (Å²) in [5, 5.41) is 36.7. The smallest absolute Gasteiger partial charge is 0.270 e. The number of nitrogens with two attached hydrogens (primary N) is 1. The Morgan fingerprint density at radius 1 is 1.45 bits per heavy atom. The van der Waals surface area contributed by atoms with Gasteiger partial charge < -0.3 is 25.8 Å². The molecule has 0 spiro atoms. The monoisotopic (exact) mass is 282 g/mol. The van der Waals surface area contributed by atoms with E-state index in [2.05, 4.69) is 10.3 Å². The van der Waals surface area contributed by atoms with Crippen molar-refractivity contribution in [2.24, 2.45) is 5.73 Å². The van der Waals surface area contributed by atoms with E-state index in [9.17, 15) is 20.1 Å². The van der Waals surface area contributed by atoms with E-state index in [1.807, 2.05) is 0 Å². The highest BCUT2D eigenvalue weighted by atomic mass is 16.5. The summed E-state index contributed by atoms with van der Waals surface area (Å²) in [6.07, 6.45) is -2.88. The lowest BCUT2D eigenvalue weighted by molar-refractivity contribution is -0.199. The van der Waals surface area contributed by atoms with Crippen LogP contribution in [0, 0.1) is 0 Å². The minimum atomic E-state index is -1.24. The van der Waals surface area contributed by atoms with Crippen molar-refractivity contribution in [3.05, 3.63) is 11.9 Å². The Labute approximate surface area is 115 Å². The largest absolute Gasteiger partial charge is 0.394 e. The highest BCUT2D eigenvalue weighted by Gasteiger charge is 2.45. The van der Waals surface area contributed by atoms with Crippen LogP contribution >= 0.6 is 0 Å². The van der Waals surface area contributed by atoms with Gasteiger partial charge >= 0.3 is 0 Å². The van der Waals surface area contributed by atoms with Crippen molar-refractivity contribution >= 4 is 13.8 Å². The van der Waals surface area contributed by atoms with E-state index in [1.165, 1.54) is 6.20 Å². The molecule has 5 atom stereocenters. The summed E-state index contributed by atoms with van der Waals surface area (Å²) in [4.78, 5) is 11.0. The first-order valence-electron chi connectivity index (χ1n) is 6.03. The van der Waals surface area contributed by atoms with Crippen molar-refractivity contribution in [2.45, 2.75) is 36.8 Å². The molecule has 20 heavy (non-hydrogen) atoms. The number of aliphatic hydroxyl groups excluding tert-OH is 3. The quantitative estimate of drug-likeness (QED) is 0.430. The first-order valence-corrected chi connectivity index (χ1v) is 6.03. The predicted molar refractivity (Wildman–Crippen MR) is 65.9 cm³/mol. The Bertz CT molecular complexity index is 468. The molecule has 1 saturated heterocycles. The van der Waals surface area contributed by atoms with Gasteiger partial charge in [-0.1, -0.05) is 11.5 Å². The molecule has 0 aliphatic carbocycles. The molecule has 5 N–H and O–H groups in total. The molecule has 0 saturated carbocycles. The number of carbonyl (C=O) groups is 1. The van der Waals surface area contributed by atoms with Crippen LogP contribution in [0.3, 0.4) is 0 Å². The Balaban J connectivity index is 2.31. The maximum Gasteiger partial charge on any atom is 0.270 e. The van der Waals surface area contributed by atoms with Crippen LogP contribution in [0.1, 0.15) is 16.5 Å². The molecule has 0 bridgehead atoms. The topological polar surface area (TPSA) is 144 Å². The fourth-order valence-corrected chi connectivity index (χ4v) is 2.22. The number of rotatable bonds is 4. The third kappa shape index (κ3) is 2.55. The first kappa shape index (κ1) is 14.9. The third-order valence-corrected chi connectivity index (χ3v) is 3.29. The number of primary amides is 1. The van der Waals surface area contributed by atoms with E-state index < -0.39 is 43.0 Å². The molecule has 1 aromatic heterocycles. The van der Waals surface area contributed by atoms with E-state index in [4.69, 9.17) is 18.3 Å². The Morgan fingerprint density at radius 2 is 2.10 bits per heavy atom. The van der Waals surface area contributed by atoms with Crippen LogP contribution in [-0.2, 0) is 4.74 Å². The predicted octanol–water partition coefficient (Wildman–Crippen LogP) is -3.01. The summed E-state index contributed by atoms with van der Waals surface area (Å²) in [5.41, 5.74) is 4.97. The lowest BCUT2D eigenvalue weighted by atomic mass is 9.86. The fourth-order valence-electron chi connectivity index (χ4n) is 2.22. The van der Waals surface area contributed by atoms with E-state index >= 15 is 0 Å². The van der Waals surface area contributed by atoms with Gasteiger partial charge in [-0.05, 0) is 0 Å². The summed E-state index contributed by atoms with van der Waals surface area (Å²) < 4.78 is 6.42. The van der Waals surface area contributed by atoms with Gasteiger partial charge in [-0.15, -0.1) is 5.10 Å². The number of amides is 1. The van der Waals surface area contributed by atoms with Gasteiger partial charge in [0.2, 0.25) is 0 Å². The number of aliphatic hydroxyl groups is 3. The second kappa shape index (κ2) is 5.88. The van der Waals surface area contributed by atoms with Crippen LogP contribution in [0.25, 0.3) is 0 Å². The lowest BCUT2D eigenvalue weighted by Gasteiger charge is -2.42. The Morgan fingerprint density at radius 3 is 2.60 bits per heavy atom. The minimum Gasteiger partial charge on any atom is -0.394 e. The van der Waals surface area contributed by atoms with Gasteiger partial charge in [0, 0.05) is 0 Å². The van der Waals surface area contributed by atoms with Crippen molar-refractivity contribution in [2.75, 3.05) is 6.61 Å². The van der Waals surface area contributed by atoms with Gasteiger partial charge in [0.05, 0.1) is 26.8 Å². The van der Waals surface area contributed by atoms with Gasteiger partial charge in [0.1, 0.15) is 24.4 Å². The average molecular weight is 282 g/mol. The number of ether oxygens (including phenoxy) is 1. The molecule has 2 rings (SSSR count). The molecule has 1 aromatic rings. The zero-order valence-corrected chi connectivity index (χ0v) is 10.5. The number of carbonyl (C=O) groups excluding carboxylic acids is 1. The van der Waals surface area contributed by atoms with Gasteiger partial charge in [-0.3, -0.25) is 4.79 Å². The fraction of sp³-hybridized carbons (Fsp3) is 0.700. The van der Waals surface area contributed by atoms with Crippen molar-refractivity contribution in [1.82, 2.24) is 15.0 Å². The van der Waals surface area contributed by atoms with Gasteiger partial charge in [0.25, 0.3) is 5.91 Å². The number of aromatic nitrogens is 3. The average Bonchev–Trinajstić information content (AvgIpc) is 2.89. The molecule has 2 heterocycles. The molecule has 1 amide bonds. The highest BCUT2D eigenvalue weighted by molar-refractivity contribution is 6.08. The number of nitrogens with zero attached hydrogens (tertiary/aromatic N) is 3. The zero-order valence-electron chi connectivity index (χ0n) is 10.5. The van der Waals surface area contributed by atoms with Crippen molar-refractivity contribution < 1.29 is 24.9 Å². The maximum atomic E-state index is 11.0. The van der Waals surface area contributed by atoms with Crippen LogP contribution in [0.4, 0.5) is 0 Å². The van der Waals surface area contributed by atoms with Crippen molar-refractivity contribution in [3.8, 4) is 0 Å². The molecule has 108 valence electrons. The zero-order chi connectivity index (χ0) is 14.9. The van der Waals surface area contributed by atoms with Crippen LogP contribution in [0.5, 0.6) is 0 Å². The SMILES string of the molecule is [B]C[C@H]1OC(CO)[C@H](O)[C@H](n2cc(C(N)=O)nn2)C1O. The molecule has 1 aliphatic heterocycles. The summed E-state index contributed by atoms with van der Waals surface area (Å²) in [7, 11) is 5.48. The standard InChI is InChI=1S/C10H15BN4O5/c11-1-5-8(17)7(9(18)6(3-16)20-5)15-2-4(10(12)19)13-14-15/h2,5-9,16-18H,1,3H2,(H2,12,19)/t5-,6?,7-,8?,9+/m1/s1. The maximum absolute atomic E-state index is 11.0. The summed E-state index contributed by atoms with van der Waals surface area (Å²) in [6.45, 7) is -0.446. The molecule has 1 fully saturated rings. The van der Waals surface area contributed by atoms with E-state index in [0.29, 0.717) is 0 Å². The molecular weight excluding hydrogens is 267 g/mol. The Hall–Kier alpha value is -1.49. The lowest BCUT2D eigenvalue weighted by Crippen LogP contribution is -2.55. The molecule has 9 nitrogen and oxygen atoms in total. The van der Waals surface area contributed by atoms with Crippen LogP contribution in [0.15, 0.2) is 6.20 Å². The van der Waals surface area contributed by atoms with Gasteiger partial charge in [0.15, 0.2) is 5.69 Å². The van der Waals surface area contributed by atoms with Crippen LogP contribution < -0.4 is 5.73 Å². The first-order chi connectivity index (χ1) is 9.49. The van der Waals surface area contributed by atoms with Crippen molar-refractivity contribution in [1.29, 1.82) is 0 Å². The van der Waals surface area contributed by atoms with Crippen molar-refractivity contribution in [3.63, 3.8) is 0 Å². The molecule has 0 aromatic carbocycles. The highest BCUT2D eigenvalue weighted by Crippen LogP contribution is 2.30. The van der Waals surface area contributed by atoms with Crippen LogP contribution in [0.2, 0.25) is 6.32 Å². The van der Waals surface area contributed by atoms with Gasteiger partial charge in [-0.2, -0.15) is 0 Å². The second-order valence-electron chi connectivity index (χ2n) is 4.55. The number of hydrogen-bond donors (Lipinski definition) is 4. The Kier molecular flexibility index (Phi) is 4.38. The summed E-state index contributed by atoms with van der Waals surface area (Å²) >= 11 is 0.